The summed E-state index contributed by atoms with van der Waals surface area (Å²) in [4.78, 5) is 0. The molecular formula is C16H28. The Morgan fingerprint density at radius 2 is 1.56 bits per heavy atom. The Bertz CT molecular complexity index is 265. The van der Waals surface area contributed by atoms with Crippen LogP contribution in [0.4, 0.5) is 0 Å². The highest BCUT2D eigenvalue weighted by atomic mass is 14.3. The van der Waals surface area contributed by atoms with E-state index < -0.39 is 0 Å². The molecule has 0 aromatic heterocycles. The van der Waals surface area contributed by atoms with E-state index in [-0.39, 0.29) is 5.41 Å². The second-order valence-corrected chi connectivity index (χ2v) is 6.79. The van der Waals surface area contributed by atoms with E-state index in [9.17, 15) is 0 Å². The van der Waals surface area contributed by atoms with E-state index in [1.807, 2.05) is 12.2 Å². The average Bonchev–Trinajstić information content (AvgIpc) is 2.07. The molecule has 0 aliphatic rings. The standard InChI is InChI=1S/C16H28/c1-9-11-13(10-2)14(16(6,7)8)12-15(3,4)5/h9-11,14H,1-2,12H2,3-8H3/b13-11+. The summed E-state index contributed by atoms with van der Waals surface area (Å²) in [5.74, 6) is 0.531. The summed E-state index contributed by atoms with van der Waals surface area (Å²) >= 11 is 0. The van der Waals surface area contributed by atoms with Gasteiger partial charge in [-0.2, -0.15) is 0 Å². The summed E-state index contributed by atoms with van der Waals surface area (Å²) in [7, 11) is 0. The van der Waals surface area contributed by atoms with Gasteiger partial charge < -0.3 is 0 Å². The van der Waals surface area contributed by atoms with Crippen LogP contribution in [0.1, 0.15) is 48.0 Å². The van der Waals surface area contributed by atoms with Gasteiger partial charge in [0.1, 0.15) is 0 Å². The smallest absolute Gasteiger partial charge is 0.0108 e. The van der Waals surface area contributed by atoms with Crippen molar-refractivity contribution in [2.24, 2.45) is 16.7 Å². The summed E-state index contributed by atoms with van der Waals surface area (Å²) in [6, 6.07) is 0. The first-order valence-electron chi connectivity index (χ1n) is 6.07. The third-order valence-electron chi connectivity index (χ3n) is 2.81. The Hall–Kier alpha value is -0.780. The predicted octanol–water partition coefficient (Wildman–Crippen LogP) is 5.38. The molecule has 0 heteroatoms. The maximum absolute atomic E-state index is 3.93. The van der Waals surface area contributed by atoms with Gasteiger partial charge in [-0.3, -0.25) is 0 Å². The van der Waals surface area contributed by atoms with Crippen LogP contribution >= 0.6 is 0 Å². The van der Waals surface area contributed by atoms with Gasteiger partial charge in [0.2, 0.25) is 0 Å². The molecule has 0 saturated carbocycles. The lowest BCUT2D eigenvalue weighted by Gasteiger charge is -2.36. The van der Waals surface area contributed by atoms with Gasteiger partial charge in [0.05, 0.1) is 0 Å². The molecule has 0 nitrogen and oxygen atoms in total. The molecule has 0 aliphatic heterocycles. The monoisotopic (exact) mass is 220 g/mol. The lowest BCUT2D eigenvalue weighted by Crippen LogP contribution is -2.26. The van der Waals surface area contributed by atoms with Crippen LogP contribution in [0.15, 0.2) is 37.0 Å². The molecule has 0 saturated heterocycles. The molecule has 92 valence electrons. The Kier molecular flexibility index (Phi) is 5.25. The van der Waals surface area contributed by atoms with Crippen molar-refractivity contribution in [3.8, 4) is 0 Å². The number of hydrogen-bond donors (Lipinski definition) is 0. The summed E-state index contributed by atoms with van der Waals surface area (Å²) < 4.78 is 0. The van der Waals surface area contributed by atoms with Gasteiger partial charge in [-0.05, 0) is 28.7 Å². The highest BCUT2D eigenvalue weighted by Crippen LogP contribution is 2.40. The fourth-order valence-electron chi connectivity index (χ4n) is 2.00. The van der Waals surface area contributed by atoms with Crippen molar-refractivity contribution in [3.63, 3.8) is 0 Å². The third kappa shape index (κ3) is 5.34. The summed E-state index contributed by atoms with van der Waals surface area (Å²) in [6.07, 6.45) is 7.10. The van der Waals surface area contributed by atoms with Crippen molar-refractivity contribution < 1.29 is 0 Å². The van der Waals surface area contributed by atoms with E-state index in [2.05, 4.69) is 60.8 Å². The van der Waals surface area contributed by atoms with Gasteiger partial charge in [-0.1, -0.05) is 72.9 Å². The average molecular weight is 220 g/mol. The molecule has 0 spiro atoms. The zero-order valence-electron chi connectivity index (χ0n) is 11.9. The number of allylic oxidation sites excluding steroid dienone is 4. The van der Waals surface area contributed by atoms with E-state index in [0.717, 1.165) is 0 Å². The van der Waals surface area contributed by atoms with Crippen LogP contribution in [0.2, 0.25) is 0 Å². The summed E-state index contributed by atoms with van der Waals surface area (Å²) in [6.45, 7) is 21.5. The minimum Gasteiger partial charge on any atom is -0.0991 e. The van der Waals surface area contributed by atoms with Gasteiger partial charge in [0, 0.05) is 0 Å². The van der Waals surface area contributed by atoms with Crippen molar-refractivity contribution in [2.45, 2.75) is 48.0 Å². The van der Waals surface area contributed by atoms with Crippen LogP contribution in [0.5, 0.6) is 0 Å². The second-order valence-electron chi connectivity index (χ2n) is 6.79. The third-order valence-corrected chi connectivity index (χ3v) is 2.81. The first-order chi connectivity index (χ1) is 7.11. The highest BCUT2D eigenvalue weighted by molar-refractivity contribution is 5.25. The van der Waals surface area contributed by atoms with Crippen molar-refractivity contribution in [1.82, 2.24) is 0 Å². The zero-order chi connectivity index (χ0) is 13.0. The maximum atomic E-state index is 3.93. The highest BCUT2D eigenvalue weighted by Gasteiger charge is 2.30. The molecule has 0 bridgehead atoms. The molecule has 1 atom stereocenters. The van der Waals surface area contributed by atoms with Crippen LogP contribution in [0.3, 0.4) is 0 Å². The quantitative estimate of drug-likeness (QED) is 0.558. The molecule has 0 amide bonds. The van der Waals surface area contributed by atoms with Gasteiger partial charge in [-0.15, -0.1) is 0 Å². The van der Waals surface area contributed by atoms with Crippen LogP contribution in [0.25, 0.3) is 0 Å². The first kappa shape index (κ1) is 15.2. The molecule has 0 radical (unpaired) electrons. The SMILES string of the molecule is C=C/C=C(\C=C)C(CC(C)(C)C)C(C)(C)C. The molecule has 0 fully saturated rings. The Morgan fingerprint density at radius 3 is 1.81 bits per heavy atom. The van der Waals surface area contributed by atoms with Crippen molar-refractivity contribution in [2.75, 3.05) is 0 Å². The molecule has 0 heterocycles. The zero-order valence-corrected chi connectivity index (χ0v) is 11.9. The Labute approximate surface area is 102 Å². The molecule has 0 aliphatic carbocycles. The van der Waals surface area contributed by atoms with Crippen molar-refractivity contribution in [1.29, 1.82) is 0 Å². The van der Waals surface area contributed by atoms with E-state index in [0.29, 0.717) is 11.3 Å². The summed E-state index contributed by atoms with van der Waals surface area (Å²) in [5.41, 5.74) is 1.90. The van der Waals surface area contributed by atoms with Gasteiger partial charge >= 0.3 is 0 Å². The van der Waals surface area contributed by atoms with E-state index in [1.165, 1.54) is 12.0 Å². The van der Waals surface area contributed by atoms with Gasteiger partial charge in [0.15, 0.2) is 0 Å². The fraction of sp³-hybridized carbons (Fsp3) is 0.625. The molecule has 0 aromatic carbocycles. The second kappa shape index (κ2) is 5.52. The largest absolute Gasteiger partial charge is 0.0991 e. The normalized spacial score (nSPS) is 15.8. The molecule has 1 unspecified atom stereocenters. The van der Waals surface area contributed by atoms with E-state index in [4.69, 9.17) is 0 Å². The van der Waals surface area contributed by atoms with Crippen LogP contribution in [-0.2, 0) is 0 Å². The van der Waals surface area contributed by atoms with Crippen molar-refractivity contribution >= 4 is 0 Å². The van der Waals surface area contributed by atoms with E-state index >= 15 is 0 Å². The van der Waals surface area contributed by atoms with Gasteiger partial charge in [0.25, 0.3) is 0 Å². The molecule has 16 heavy (non-hydrogen) atoms. The molecular weight excluding hydrogens is 192 g/mol. The number of rotatable bonds is 4. The Morgan fingerprint density at radius 1 is 1.06 bits per heavy atom. The minimum absolute atomic E-state index is 0.260. The fourth-order valence-corrected chi connectivity index (χ4v) is 2.00. The Balaban J connectivity index is 5.17. The molecule has 0 rings (SSSR count). The maximum Gasteiger partial charge on any atom is -0.0108 e. The van der Waals surface area contributed by atoms with Crippen LogP contribution in [-0.4, -0.2) is 0 Å². The van der Waals surface area contributed by atoms with Gasteiger partial charge in [-0.25, -0.2) is 0 Å². The molecule has 0 aromatic rings. The lowest BCUT2D eigenvalue weighted by atomic mass is 9.69. The topological polar surface area (TPSA) is 0 Å². The minimum atomic E-state index is 0.260. The van der Waals surface area contributed by atoms with E-state index in [1.54, 1.807) is 0 Å². The van der Waals surface area contributed by atoms with Crippen LogP contribution < -0.4 is 0 Å². The summed E-state index contributed by atoms with van der Waals surface area (Å²) in [5, 5.41) is 0. The lowest BCUT2D eigenvalue weighted by molar-refractivity contribution is 0.199. The number of hydrogen-bond acceptors (Lipinski definition) is 0. The molecule has 0 N–H and O–H groups in total. The predicted molar refractivity (Wildman–Crippen MR) is 75.5 cm³/mol. The van der Waals surface area contributed by atoms with Crippen LogP contribution in [0, 0.1) is 16.7 Å². The first-order valence-corrected chi connectivity index (χ1v) is 6.07. The van der Waals surface area contributed by atoms with Crippen molar-refractivity contribution in [3.05, 3.63) is 37.0 Å².